The second-order valence-corrected chi connectivity index (χ2v) is 7.42. The van der Waals surface area contributed by atoms with Crippen molar-refractivity contribution in [2.24, 2.45) is 0 Å². The number of thiazole rings is 1. The van der Waals surface area contributed by atoms with E-state index in [2.05, 4.69) is 58.5 Å². The normalized spacial score (nSPS) is 20.2. The van der Waals surface area contributed by atoms with Crippen molar-refractivity contribution in [2.75, 3.05) is 11.9 Å². The number of nitrogens with one attached hydrogen (secondary N) is 1. The molecule has 0 bridgehead atoms. The van der Waals surface area contributed by atoms with Gasteiger partial charge in [0.1, 0.15) is 0 Å². The summed E-state index contributed by atoms with van der Waals surface area (Å²) in [5, 5.41) is 3.44. The van der Waals surface area contributed by atoms with E-state index < -0.39 is 0 Å². The molecule has 0 unspecified atom stereocenters. The number of anilines is 1. The number of benzene rings is 1. The molecule has 1 aromatic heterocycles. The minimum atomic E-state index is -0.0714. The summed E-state index contributed by atoms with van der Waals surface area (Å²) in [5.41, 5.74) is 2.81. The van der Waals surface area contributed by atoms with Crippen molar-refractivity contribution < 1.29 is 4.79 Å². The predicted octanol–water partition coefficient (Wildman–Crippen LogP) is 4.17. The van der Waals surface area contributed by atoms with Gasteiger partial charge in [-0.15, -0.1) is 11.3 Å². The van der Waals surface area contributed by atoms with Crippen molar-refractivity contribution in [1.82, 2.24) is 9.88 Å². The zero-order valence-corrected chi connectivity index (χ0v) is 15.0. The number of rotatable bonds is 4. The largest absolute Gasteiger partial charge is 0.302 e. The molecule has 0 radical (unpaired) electrons. The van der Waals surface area contributed by atoms with Gasteiger partial charge in [-0.1, -0.05) is 42.0 Å². The number of carbonyl (C=O) groups is 1. The van der Waals surface area contributed by atoms with Gasteiger partial charge < -0.3 is 5.32 Å². The molecule has 0 spiro atoms. The van der Waals surface area contributed by atoms with Crippen molar-refractivity contribution in [3.8, 4) is 0 Å². The highest BCUT2D eigenvalue weighted by Gasteiger charge is 2.22. The minimum Gasteiger partial charge on any atom is -0.302 e. The third kappa shape index (κ3) is 4.52. The molecule has 0 aliphatic carbocycles. The molecule has 2 aromatic rings. The van der Waals surface area contributed by atoms with Crippen molar-refractivity contribution in [3.63, 3.8) is 0 Å². The van der Waals surface area contributed by atoms with E-state index in [0.29, 0.717) is 11.2 Å². The molecule has 2 heterocycles. The molecule has 0 saturated carbocycles. The van der Waals surface area contributed by atoms with Gasteiger partial charge in [0.05, 0.1) is 0 Å². The molecule has 5 heteroatoms. The van der Waals surface area contributed by atoms with Crippen molar-refractivity contribution in [3.05, 3.63) is 52.5 Å². The van der Waals surface area contributed by atoms with Crippen LogP contribution in [0, 0.1) is 0 Å². The van der Waals surface area contributed by atoms with Crippen LogP contribution in [0.15, 0.2) is 42.1 Å². The quantitative estimate of drug-likeness (QED) is 0.908. The van der Waals surface area contributed by atoms with Crippen LogP contribution in [-0.4, -0.2) is 28.4 Å². The molecule has 1 aliphatic heterocycles. The Hall–Kier alpha value is -1.98. The first-order valence-corrected chi connectivity index (χ1v) is 9.12. The van der Waals surface area contributed by atoms with Crippen LogP contribution in [-0.2, 0) is 11.3 Å². The van der Waals surface area contributed by atoms with Crippen LogP contribution < -0.4 is 5.32 Å². The molecular formula is C19H23N3OS. The van der Waals surface area contributed by atoms with Crippen LogP contribution >= 0.6 is 11.3 Å². The fourth-order valence-corrected chi connectivity index (χ4v) is 3.94. The minimum absolute atomic E-state index is 0.0714. The van der Waals surface area contributed by atoms with Gasteiger partial charge in [0.25, 0.3) is 0 Å². The summed E-state index contributed by atoms with van der Waals surface area (Å²) in [6.07, 6.45) is 6.41. The van der Waals surface area contributed by atoms with Crippen molar-refractivity contribution >= 4 is 28.5 Å². The van der Waals surface area contributed by atoms with Gasteiger partial charge >= 0.3 is 0 Å². The van der Waals surface area contributed by atoms with Gasteiger partial charge in [-0.25, -0.2) is 4.98 Å². The summed E-state index contributed by atoms with van der Waals surface area (Å²) in [5.74, 6) is -0.0714. The Morgan fingerprint density at radius 1 is 1.42 bits per heavy atom. The first-order chi connectivity index (χ1) is 11.6. The van der Waals surface area contributed by atoms with E-state index in [4.69, 9.17) is 0 Å². The van der Waals surface area contributed by atoms with Gasteiger partial charge in [0.15, 0.2) is 5.13 Å². The van der Waals surface area contributed by atoms with Crippen LogP contribution in [0.3, 0.4) is 0 Å². The number of amides is 1. The van der Waals surface area contributed by atoms with E-state index in [1.54, 1.807) is 11.3 Å². The van der Waals surface area contributed by atoms with Gasteiger partial charge in [-0.3, -0.25) is 9.69 Å². The summed E-state index contributed by atoms with van der Waals surface area (Å²) >= 11 is 1.56. The van der Waals surface area contributed by atoms with Crippen LogP contribution in [0.2, 0.25) is 0 Å². The van der Waals surface area contributed by atoms with Crippen LogP contribution in [0.5, 0.6) is 0 Å². The Kier molecular flexibility index (Phi) is 5.43. The monoisotopic (exact) mass is 341 g/mol. The summed E-state index contributed by atoms with van der Waals surface area (Å²) in [6.45, 7) is 5.76. The molecule has 24 heavy (non-hydrogen) atoms. The number of aromatic nitrogens is 1. The highest BCUT2D eigenvalue weighted by molar-refractivity contribution is 7.15. The van der Waals surface area contributed by atoms with E-state index in [1.165, 1.54) is 22.9 Å². The molecule has 1 fully saturated rings. The molecule has 3 rings (SSSR count). The topological polar surface area (TPSA) is 45.2 Å². The van der Waals surface area contributed by atoms with E-state index in [1.807, 2.05) is 6.20 Å². The number of hydrogen-bond acceptors (Lipinski definition) is 4. The van der Waals surface area contributed by atoms with E-state index in [0.717, 1.165) is 25.9 Å². The summed E-state index contributed by atoms with van der Waals surface area (Å²) in [7, 11) is 0. The molecule has 4 nitrogen and oxygen atoms in total. The van der Waals surface area contributed by atoms with Gasteiger partial charge in [0, 0.05) is 37.1 Å². The maximum Gasteiger partial charge on any atom is 0.223 e. The Labute approximate surface area is 147 Å². The summed E-state index contributed by atoms with van der Waals surface area (Å²) < 4.78 is 0. The Morgan fingerprint density at radius 2 is 2.21 bits per heavy atom. The molecule has 1 saturated heterocycles. The number of likely N-dealkylation sites (tertiary alicyclic amines) is 1. The smallest absolute Gasteiger partial charge is 0.223 e. The molecule has 1 aliphatic rings. The zero-order chi connectivity index (χ0) is 16.9. The van der Waals surface area contributed by atoms with E-state index in [-0.39, 0.29) is 5.91 Å². The maximum absolute atomic E-state index is 11.1. The fraction of sp³-hybridized carbons (Fsp3) is 0.368. The highest BCUT2D eigenvalue weighted by atomic mass is 32.1. The number of nitrogens with zero attached hydrogens (tertiary/aromatic N) is 2. The Morgan fingerprint density at radius 3 is 2.92 bits per heavy atom. The molecular weight excluding hydrogens is 318 g/mol. The first-order valence-electron chi connectivity index (χ1n) is 8.31. The average Bonchev–Trinajstić information content (AvgIpc) is 2.97. The molecule has 1 amide bonds. The van der Waals surface area contributed by atoms with Crippen LogP contribution in [0.1, 0.15) is 37.1 Å². The molecule has 1 atom stereocenters. The maximum atomic E-state index is 11.1. The van der Waals surface area contributed by atoms with Crippen molar-refractivity contribution in [1.29, 1.82) is 0 Å². The average molecular weight is 341 g/mol. The van der Waals surface area contributed by atoms with Crippen LogP contribution in [0.4, 0.5) is 5.13 Å². The summed E-state index contributed by atoms with van der Waals surface area (Å²) in [4.78, 5) is 19.0. The first kappa shape index (κ1) is 16.9. The lowest BCUT2D eigenvalue weighted by atomic mass is 9.95. The van der Waals surface area contributed by atoms with Gasteiger partial charge in [0.2, 0.25) is 5.91 Å². The standard InChI is InChI=1S/C19H23N3OS/c1-14-10-17(11-16-6-4-3-5-7-16)8-9-22(14)13-18-12-20-19(24-18)21-15(2)23/h3-7,11-12,14H,8-10,13H2,1-2H3,(H,20,21,23)/b17-11-/t14-/m0/s1. The molecule has 1 aromatic carbocycles. The van der Waals surface area contributed by atoms with Gasteiger partial charge in [-0.05, 0) is 25.3 Å². The van der Waals surface area contributed by atoms with E-state index >= 15 is 0 Å². The predicted molar refractivity (Wildman–Crippen MR) is 99.9 cm³/mol. The number of piperidine rings is 1. The summed E-state index contributed by atoms with van der Waals surface area (Å²) in [6, 6.07) is 11.1. The second kappa shape index (κ2) is 7.73. The third-order valence-corrected chi connectivity index (χ3v) is 5.16. The van der Waals surface area contributed by atoms with Crippen LogP contribution in [0.25, 0.3) is 6.08 Å². The fourth-order valence-electron chi connectivity index (χ4n) is 3.06. The Balaban J connectivity index is 1.59. The second-order valence-electron chi connectivity index (χ2n) is 6.30. The SMILES string of the molecule is CC(=O)Nc1ncc(CN2CC/C(=C/c3ccccc3)C[C@@H]2C)s1. The zero-order valence-electron chi connectivity index (χ0n) is 14.2. The van der Waals surface area contributed by atoms with Crippen molar-refractivity contribution in [2.45, 2.75) is 39.3 Å². The third-order valence-electron chi connectivity index (χ3n) is 4.27. The lowest BCUT2D eigenvalue weighted by Gasteiger charge is -2.34. The van der Waals surface area contributed by atoms with Gasteiger partial charge in [-0.2, -0.15) is 0 Å². The Bertz CT molecular complexity index is 723. The highest BCUT2D eigenvalue weighted by Crippen LogP contribution is 2.27. The lowest BCUT2D eigenvalue weighted by Crippen LogP contribution is -2.37. The molecule has 1 N–H and O–H groups in total. The van der Waals surface area contributed by atoms with E-state index in [9.17, 15) is 4.79 Å². The number of carbonyl (C=O) groups excluding carboxylic acids is 1. The molecule has 126 valence electrons. The number of hydrogen-bond donors (Lipinski definition) is 1. The lowest BCUT2D eigenvalue weighted by molar-refractivity contribution is -0.114.